The summed E-state index contributed by atoms with van der Waals surface area (Å²) in [6.07, 6.45) is -1.57. The standard InChI is InChI=1S/C29H24FN3O4S/c1-18-7-9-19(10-8-18)17-33-25(28(35)31-22-13-11-21(30)12-14-22)26(37-29(33)36)20-4-2-5-23(16-20)32-27(34)24-6-3-15-38-24/h2-16,25-26H,17H2,1H3,(H,31,35)(H,32,34)/t25-,26-/m1/s1. The Morgan fingerprint density at radius 3 is 2.42 bits per heavy atom. The second kappa shape index (κ2) is 10.9. The van der Waals surface area contributed by atoms with E-state index in [4.69, 9.17) is 4.74 Å². The molecule has 9 heteroatoms. The molecule has 0 unspecified atom stereocenters. The number of anilines is 2. The second-order valence-corrected chi connectivity index (χ2v) is 9.86. The van der Waals surface area contributed by atoms with Crippen LogP contribution in [0.25, 0.3) is 0 Å². The van der Waals surface area contributed by atoms with Gasteiger partial charge < -0.3 is 15.4 Å². The van der Waals surface area contributed by atoms with Crippen LogP contribution in [0.3, 0.4) is 0 Å². The number of cyclic esters (lactones) is 1. The smallest absolute Gasteiger partial charge is 0.411 e. The third kappa shape index (κ3) is 5.57. The van der Waals surface area contributed by atoms with Crippen molar-refractivity contribution in [2.24, 2.45) is 0 Å². The van der Waals surface area contributed by atoms with Gasteiger partial charge in [-0.3, -0.25) is 14.5 Å². The zero-order valence-electron chi connectivity index (χ0n) is 20.4. The third-order valence-electron chi connectivity index (χ3n) is 6.16. The maximum atomic E-state index is 13.6. The van der Waals surface area contributed by atoms with Gasteiger partial charge in [0.1, 0.15) is 5.82 Å². The third-order valence-corrected chi connectivity index (χ3v) is 7.03. The van der Waals surface area contributed by atoms with Crippen LogP contribution in [0.2, 0.25) is 0 Å². The maximum absolute atomic E-state index is 13.6. The quantitative estimate of drug-likeness (QED) is 0.301. The van der Waals surface area contributed by atoms with E-state index in [1.165, 1.54) is 40.5 Å². The van der Waals surface area contributed by atoms with Gasteiger partial charge in [0.05, 0.1) is 11.4 Å². The number of hydrogen-bond acceptors (Lipinski definition) is 5. The summed E-state index contributed by atoms with van der Waals surface area (Å²) in [7, 11) is 0. The number of aryl methyl sites for hydroxylation is 1. The van der Waals surface area contributed by atoms with Crippen LogP contribution >= 0.6 is 11.3 Å². The van der Waals surface area contributed by atoms with E-state index in [0.29, 0.717) is 21.8 Å². The minimum absolute atomic E-state index is 0.159. The van der Waals surface area contributed by atoms with Gasteiger partial charge in [-0.15, -0.1) is 11.3 Å². The number of rotatable bonds is 7. The number of hydrogen-bond donors (Lipinski definition) is 2. The molecule has 1 aliphatic heterocycles. The van der Waals surface area contributed by atoms with Crippen molar-refractivity contribution in [1.82, 2.24) is 4.90 Å². The van der Waals surface area contributed by atoms with Crippen molar-refractivity contribution in [3.63, 3.8) is 0 Å². The van der Waals surface area contributed by atoms with Gasteiger partial charge in [-0.2, -0.15) is 0 Å². The molecule has 0 aliphatic carbocycles. The minimum atomic E-state index is -1.02. The van der Waals surface area contributed by atoms with Gasteiger partial charge in [0, 0.05) is 11.4 Å². The van der Waals surface area contributed by atoms with E-state index in [2.05, 4.69) is 10.6 Å². The normalized spacial score (nSPS) is 16.7. The number of amides is 3. The van der Waals surface area contributed by atoms with Gasteiger partial charge in [-0.25, -0.2) is 9.18 Å². The summed E-state index contributed by atoms with van der Waals surface area (Å²) in [5, 5.41) is 7.44. The number of nitrogens with zero attached hydrogens (tertiary/aromatic N) is 1. The van der Waals surface area contributed by atoms with Crippen LogP contribution < -0.4 is 10.6 Å². The molecular weight excluding hydrogens is 505 g/mol. The Balaban J connectivity index is 1.44. The number of ether oxygens (including phenoxy) is 1. The van der Waals surface area contributed by atoms with Gasteiger partial charge in [0.25, 0.3) is 11.8 Å². The zero-order valence-corrected chi connectivity index (χ0v) is 21.2. The SMILES string of the molecule is Cc1ccc(CN2C(=O)O[C@H](c3cccc(NC(=O)c4cccs4)c3)[C@@H]2C(=O)Nc2ccc(F)cc2)cc1. The molecule has 7 nitrogen and oxygen atoms in total. The molecule has 1 aromatic heterocycles. The molecule has 4 aromatic rings. The molecule has 2 heterocycles. The number of benzene rings is 3. The van der Waals surface area contributed by atoms with E-state index in [1.54, 1.807) is 36.4 Å². The lowest BCUT2D eigenvalue weighted by molar-refractivity contribution is -0.121. The van der Waals surface area contributed by atoms with E-state index >= 15 is 0 Å². The fourth-order valence-electron chi connectivity index (χ4n) is 4.24. The Labute approximate surface area is 222 Å². The maximum Gasteiger partial charge on any atom is 0.411 e. The molecule has 0 radical (unpaired) electrons. The molecule has 1 aliphatic rings. The largest absolute Gasteiger partial charge is 0.438 e. The number of carbonyl (C=O) groups excluding carboxylic acids is 3. The Hall–Kier alpha value is -4.50. The van der Waals surface area contributed by atoms with Crippen molar-refractivity contribution >= 4 is 40.6 Å². The highest BCUT2D eigenvalue weighted by molar-refractivity contribution is 7.12. The molecule has 0 spiro atoms. The molecule has 3 amide bonds. The van der Waals surface area contributed by atoms with Crippen LogP contribution in [-0.4, -0.2) is 28.8 Å². The number of nitrogens with one attached hydrogen (secondary N) is 2. The van der Waals surface area contributed by atoms with Crippen molar-refractivity contribution in [2.75, 3.05) is 10.6 Å². The van der Waals surface area contributed by atoms with E-state index < -0.39 is 30.0 Å². The fourth-order valence-corrected chi connectivity index (χ4v) is 4.86. The minimum Gasteiger partial charge on any atom is -0.438 e. The number of carbonyl (C=O) groups is 3. The van der Waals surface area contributed by atoms with E-state index in [1.807, 2.05) is 36.6 Å². The average molecular weight is 530 g/mol. The van der Waals surface area contributed by atoms with Gasteiger partial charge >= 0.3 is 6.09 Å². The summed E-state index contributed by atoms with van der Waals surface area (Å²) in [4.78, 5) is 41.1. The summed E-state index contributed by atoms with van der Waals surface area (Å²) in [6.45, 7) is 2.12. The van der Waals surface area contributed by atoms with Crippen molar-refractivity contribution in [3.8, 4) is 0 Å². The Morgan fingerprint density at radius 1 is 0.947 bits per heavy atom. The summed E-state index contributed by atoms with van der Waals surface area (Å²) < 4.78 is 19.1. The van der Waals surface area contributed by atoms with Gasteiger partial charge in [0.2, 0.25) is 0 Å². The molecule has 2 atom stereocenters. The molecule has 5 rings (SSSR count). The monoisotopic (exact) mass is 529 g/mol. The fraction of sp³-hybridized carbons (Fsp3) is 0.138. The second-order valence-electron chi connectivity index (χ2n) is 8.92. The van der Waals surface area contributed by atoms with E-state index in [-0.39, 0.29) is 12.5 Å². The zero-order chi connectivity index (χ0) is 26.6. The van der Waals surface area contributed by atoms with Crippen LogP contribution in [-0.2, 0) is 16.1 Å². The van der Waals surface area contributed by atoms with Crippen LogP contribution in [0.1, 0.15) is 32.5 Å². The number of halogens is 1. The van der Waals surface area contributed by atoms with Crippen LogP contribution in [0.15, 0.2) is 90.3 Å². The Bertz CT molecular complexity index is 1460. The highest BCUT2D eigenvalue weighted by Gasteiger charge is 2.47. The molecule has 0 saturated carbocycles. The first-order chi connectivity index (χ1) is 18.4. The summed E-state index contributed by atoms with van der Waals surface area (Å²) >= 11 is 1.32. The predicted molar refractivity (Wildman–Crippen MR) is 143 cm³/mol. The van der Waals surface area contributed by atoms with Crippen molar-refractivity contribution < 1.29 is 23.5 Å². The molecule has 1 fully saturated rings. The lowest BCUT2D eigenvalue weighted by Crippen LogP contribution is -2.43. The lowest BCUT2D eigenvalue weighted by atomic mass is 9.99. The highest BCUT2D eigenvalue weighted by Crippen LogP contribution is 2.35. The van der Waals surface area contributed by atoms with Crippen LogP contribution in [0.5, 0.6) is 0 Å². The van der Waals surface area contributed by atoms with E-state index in [0.717, 1.165) is 11.1 Å². The Morgan fingerprint density at radius 2 is 1.71 bits per heavy atom. The van der Waals surface area contributed by atoms with Gasteiger partial charge in [0.15, 0.2) is 12.1 Å². The molecule has 3 aromatic carbocycles. The lowest BCUT2D eigenvalue weighted by Gasteiger charge is -2.24. The Kier molecular flexibility index (Phi) is 7.19. The molecule has 1 saturated heterocycles. The van der Waals surface area contributed by atoms with Crippen molar-refractivity contribution in [1.29, 1.82) is 0 Å². The van der Waals surface area contributed by atoms with Crippen LogP contribution in [0, 0.1) is 12.7 Å². The van der Waals surface area contributed by atoms with Crippen LogP contribution in [0.4, 0.5) is 20.6 Å². The molecule has 2 N–H and O–H groups in total. The average Bonchev–Trinajstić information content (AvgIpc) is 3.56. The first kappa shape index (κ1) is 25.2. The topological polar surface area (TPSA) is 87.7 Å². The van der Waals surface area contributed by atoms with E-state index in [9.17, 15) is 18.8 Å². The number of thiophene rings is 1. The summed E-state index contributed by atoms with van der Waals surface area (Å²) in [5.41, 5.74) is 3.36. The first-order valence-electron chi connectivity index (χ1n) is 11.9. The molecule has 0 bridgehead atoms. The molecule has 192 valence electrons. The molecular formula is C29H24FN3O4S. The molecule has 38 heavy (non-hydrogen) atoms. The van der Waals surface area contributed by atoms with Gasteiger partial charge in [-0.1, -0.05) is 48.0 Å². The van der Waals surface area contributed by atoms with Crippen molar-refractivity contribution in [2.45, 2.75) is 25.6 Å². The van der Waals surface area contributed by atoms with Crippen molar-refractivity contribution in [3.05, 3.63) is 118 Å². The predicted octanol–water partition coefficient (Wildman–Crippen LogP) is 6.15. The first-order valence-corrected chi connectivity index (χ1v) is 12.8. The highest BCUT2D eigenvalue weighted by atomic mass is 32.1. The summed E-state index contributed by atoms with van der Waals surface area (Å²) in [5.74, 6) is -1.16. The summed E-state index contributed by atoms with van der Waals surface area (Å²) in [6, 6.07) is 22.4. The van der Waals surface area contributed by atoms with Gasteiger partial charge in [-0.05, 0) is 65.9 Å².